The van der Waals surface area contributed by atoms with Crippen molar-refractivity contribution in [3.63, 3.8) is 0 Å². The number of hydrogen-bond acceptors (Lipinski definition) is 3. The second-order valence-corrected chi connectivity index (χ2v) is 6.04. The van der Waals surface area contributed by atoms with E-state index in [0.717, 1.165) is 38.4 Å². The first-order valence-corrected chi connectivity index (χ1v) is 7.79. The molecule has 0 spiro atoms. The molecule has 1 aromatic carbocycles. The molecule has 0 unspecified atom stereocenters. The molecule has 3 rings (SSSR count). The minimum absolute atomic E-state index is 0.607. The molecule has 1 aromatic heterocycles. The number of nitrogens with zero attached hydrogens (tertiary/aromatic N) is 3. The van der Waals surface area contributed by atoms with Crippen LogP contribution < -0.4 is 4.90 Å². The Kier molecular flexibility index (Phi) is 4.63. The van der Waals surface area contributed by atoms with E-state index in [9.17, 15) is 0 Å². The molecule has 0 bridgehead atoms. The molecule has 3 nitrogen and oxygen atoms in total. The second-order valence-electron chi connectivity index (χ2n) is 5.22. The van der Waals surface area contributed by atoms with Crippen LogP contribution in [0.25, 0.3) is 0 Å². The average Bonchev–Trinajstić information content (AvgIpc) is 2.52. The average molecular weight is 322 g/mol. The zero-order chi connectivity index (χ0) is 14.7. The van der Waals surface area contributed by atoms with Crippen LogP contribution in [0, 0.1) is 0 Å². The number of aromatic nitrogens is 1. The summed E-state index contributed by atoms with van der Waals surface area (Å²) in [5.74, 6) is 0. The summed E-state index contributed by atoms with van der Waals surface area (Å²) in [6.07, 6.45) is 3.75. The molecule has 0 saturated carbocycles. The Morgan fingerprint density at radius 1 is 1.00 bits per heavy atom. The van der Waals surface area contributed by atoms with Crippen LogP contribution in [-0.2, 0) is 6.54 Å². The van der Waals surface area contributed by atoms with Crippen LogP contribution in [0.2, 0.25) is 10.0 Å². The van der Waals surface area contributed by atoms with Crippen molar-refractivity contribution in [3.8, 4) is 0 Å². The van der Waals surface area contributed by atoms with Crippen LogP contribution >= 0.6 is 23.2 Å². The summed E-state index contributed by atoms with van der Waals surface area (Å²) >= 11 is 12.1. The topological polar surface area (TPSA) is 19.4 Å². The first kappa shape index (κ1) is 14.6. The molecule has 0 aliphatic carbocycles. The van der Waals surface area contributed by atoms with E-state index in [4.69, 9.17) is 23.2 Å². The van der Waals surface area contributed by atoms with Crippen LogP contribution in [0.15, 0.2) is 42.7 Å². The van der Waals surface area contributed by atoms with E-state index in [2.05, 4.69) is 20.9 Å². The third kappa shape index (κ3) is 3.67. The van der Waals surface area contributed by atoms with Gasteiger partial charge in [0, 0.05) is 50.8 Å². The van der Waals surface area contributed by atoms with Gasteiger partial charge < -0.3 is 4.90 Å². The maximum Gasteiger partial charge on any atom is 0.0612 e. The van der Waals surface area contributed by atoms with Crippen LogP contribution in [0.4, 0.5) is 5.69 Å². The zero-order valence-electron chi connectivity index (χ0n) is 11.7. The smallest absolute Gasteiger partial charge is 0.0612 e. The Bertz CT molecular complexity index is 596. The summed E-state index contributed by atoms with van der Waals surface area (Å²) in [5, 5.41) is 1.22. The van der Waals surface area contributed by atoms with Crippen molar-refractivity contribution in [2.24, 2.45) is 0 Å². The Labute approximate surface area is 135 Å². The number of benzene rings is 1. The standard InChI is InChI=1S/C16H17Cl2N3/c17-15-4-3-14(10-16(15)18)21-8-6-20(7-9-21)12-13-2-1-5-19-11-13/h1-5,10-11H,6-9,12H2. The zero-order valence-corrected chi connectivity index (χ0v) is 13.2. The largest absolute Gasteiger partial charge is 0.369 e. The van der Waals surface area contributed by atoms with Crippen molar-refractivity contribution in [1.29, 1.82) is 0 Å². The number of rotatable bonds is 3. The first-order valence-electron chi connectivity index (χ1n) is 7.03. The van der Waals surface area contributed by atoms with E-state index >= 15 is 0 Å². The van der Waals surface area contributed by atoms with Gasteiger partial charge in [0.15, 0.2) is 0 Å². The molecular weight excluding hydrogens is 305 g/mol. The van der Waals surface area contributed by atoms with Gasteiger partial charge in [-0.1, -0.05) is 29.3 Å². The van der Waals surface area contributed by atoms with Gasteiger partial charge >= 0.3 is 0 Å². The normalized spacial score (nSPS) is 16.2. The molecule has 2 aromatic rings. The maximum atomic E-state index is 6.09. The number of hydrogen-bond donors (Lipinski definition) is 0. The molecule has 1 aliphatic rings. The Balaban J connectivity index is 1.58. The van der Waals surface area contributed by atoms with Crippen LogP contribution in [0.1, 0.15) is 5.56 Å². The molecule has 2 heterocycles. The van der Waals surface area contributed by atoms with Gasteiger partial charge in [0.2, 0.25) is 0 Å². The highest BCUT2D eigenvalue weighted by Crippen LogP contribution is 2.27. The van der Waals surface area contributed by atoms with Gasteiger partial charge in [-0.25, -0.2) is 0 Å². The fraction of sp³-hybridized carbons (Fsp3) is 0.312. The van der Waals surface area contributed by atoms with Gasteiger partial charge in [-0.15, -0.1) is 0 Å². The minimum atomic E-state index is 0.607. The summed E-state index contributed by atoms with van der Waals surface area (Å²) in [6, 6.07) is 9.95. The highest BCUT2D eigenvalue weighted by atomic mass is 35.5. The Hall–Kier alpha value is -1.29. The summed E-state index contributed by atoms with van der Waals surface area (Å²) in [4.78, 5) is 8.97. The maximum absolute atomic E-state index is 6.09. The SMILES string of the molecule is Clc1ccc(N2CCN(Cc3cccnc3)CC2)cc1Cl. The van der Waals surface area contributed by atoms with Crippen molar-refractivity contribution >= 4 is 28.9 Å². The van der Waals surface area contributed by atoms with Gasteiger partial charge in [0.25, 0.3) is 0 Å². The molecule has 1 saturated heterocycles. The lowest BCUT2D eigenvalue weighted by Gasteiger charge is -2.36. The van der Waals surface area contributed by atoms with Gasteiger partial charge in [-0.2, -0.15) is 0 Å². The van der Waals surface area contributed by atoms with E-state index in [1.807, 2.05) is 36.7 Å². The molecule has 0 atom stereocenters. The van der Waals surface area contributed by atoms with Crippen molar-refractivity contribution in [3.05, 3.63) is 58.3 Å². The van der Waals surface area contributed by atoms with Crippen LogP contribution in [-0.4, -0.2) is 36.1 Å². The fourth-order valence-electron chi connectivity index (χ4n) is 2.60. The lowest BCUT2D eigenvalue weighted by atomic mass is 10.2. The molecular formula is C16H17Cl2N3. The number of pyridine rings is 1. The predicted molar refractivity (Wildman–Crippen MR) is 88.2 cm³/mol. The van der Waals surface area contributed by atoms with Gasteiger partial charge in [0.05, 0.1) is 10.0 Å². The first-order chi connectivity index (χ1) is 10.2. The Morgan fingerprint density at radius 3 is 2.48 bits per heavy atom. The van der Waals surface area contributed by atoms with E-state index in [0.29, 0.717) is 10.0 Å². The van der Waals surface area contributed by atoms with Crippen molar-refractivity contribution in [1.82, 2.24) is 9.88 Å². The Morgan fingerprint density at radius 2 is 1.81 bits per heavy atom. The quantitative estimate of drug-likeness (QED) is 0.859. The van der Waals surface area contributed by atoms with Gasteiger partial charge in [-0.3, -0.25) is 9.88 Å². The summed E-state index contributed by atoms with van der Waals surface area (Å²) in [5.41, 5.74) is 2.41. The van der Waals surface area contributed by atoms with Gasteiger partial charge in [-0.05, 0) is 29.8 Å². The highest BCUT2D eigenvalue weighted by molar-refractivity contribution is 6.42. The molecule has 0 N–H and O–H groups in total. The lowest BCUT2D eigenvalue weighted by molar-refractivity contribution is 0.249. The molecule has 110 valence electrons. The second kappa shape index (κ2) is 6.65. The van der Waals surface area contributed by atoms with Gasteiger partial charge in [0.1, 0.15) is 0 Å². The third-order valence-corrected chi connectivity index (χ3v) is 4.51. The predicted octanol–water partition coefficient (Wildman–Crippen LogP) is 3.71. The summed E-state index contributed by atoms with van der Waals surface area (Å²) in [7, 11) is 0. The number of halogens is 2. The van der Waals surface area contributed by atoms with Crippen molar-refractivity contribution in [2.75, 3.05) is 31.1 Å². The molecule has 21 heavy (non-hydrogen) atoms. The third-order valence-electron chi connectivity index (χ3n) is 3.77. The highest BCUT2D eigenvalue weighted by Gasteiger charge is 2.17. The van der Waals surface area contributed by atoms with Crippen molar-refractivity contribution < 1.29 is 0 Å². The van der Waals surface area contributed by atoms with E-state index in [1.54, 1.807) is 0 Å². The number of piperazine rings is 1. The molecule has 0 radical (unpaired) electrons. The molecule has 1 fully saturated rings. The summed E-state index contributed by atoms with van der Waals surface area (Å²) in [6.45, 7) is 5.03. The van der Waals surface area contributed by atoms with E-state index in [-0.39, 0.29) is 0 Å². The molecule has 1 aliphatic heterocycles. The molecule has 0 amide bonds. The fourth-order valence-corrected chi connectivity index (χ4v) is 2.89. The summed E-state index contributed by atoms with van der Waals surface area (Å²) < 4.78 is 0. The van der Waals surface area contributed by atoms with E-state index < -0.39 is 0 Å². The molecule has 5 heteroatoms. The lowest BCUT2D eigenvalue weighted by Crippen LogP contribution is -2.45. The van der Waals surface area contributed by atoms with Crippen molar-refractivity contribution in [2.45, 2.75) is 6.54 Å². The van der Waals surface area contributed by atoms with Crippen LogP contribution in [0.3, 0.4) is 0 Å². The van der Waals surface area contributed by atoms with E-state index in [1.165, 1.54) is 5.56 Å². The minimum Gasteiger partial charge on any atom is -0.369 e. The van der Waals surface area contributed by atoms with Crippen LogP contribution in [0.5, 0.6) is 0 Å². The monoisotopic (exact) mass is 321 g/mol. The number of anilines is 1.